The van der Waals surface area contributed by atoms with Gasteiger partial charge in [-0.2, -0.15) is 0 Å². The number of oxazole rings is 1. The molecule has 0 atom stereocenters. The number of nitro groups is 1. The summed E-state index contributed by atoms with van der Waals surface area (Å²) in [5, 5.41) is 13.6. The van der Waals surface area contributed by atoms with Gasteiger partial charge in [-0.1, -0.05) is 0 Å². The van der Waals surface area contributed by atoms with Gasteiger partial charge in [-0.15, -0.1) is 0 Å². The first-order valence-corrected chi connectivity index (χ1v) is 5.33. The van der Waals surface area contributed by atoms with Crippen LogP contribution in [0.2, 0.25) is 0 Å². The van der Waals surface area contributed by atoms with E-state index in [0.717, 1.165) is 5.76 Å². The third kappa shape index (κ3) is 2.62. The van der Waals surface area contributed by atoms with Crippen LogP contribution in [0.15, 0.2) is 22.7 Å². The average molecular weight is 248 g/mol. The molecule has 0 saturated heterocycles. The lowest BCUT2D eigenvalue weighted by Gasteiger charge is -2.04. The Morgan fingerprint density at radius 1 is 1.44 bits per heavy atom. The molecule has 0 radical (unpaired) electrons. The summed E-state index contributed by atoms with van der Waals surface area (Å²) in [6, 6.07) is 2.98. The lowest BCUT2D eigenvalue weighted by Crippen LogP contribution is -2.03. The van der Waals surface area contributed by atoms with E-state index >= 15 is 0 Å². The van der Waals surface area contributed by atoms with E-state index in [1.54, 1.807) is 19.2 Å². The number of nitrogens with one attached hydrogen (secondary N) is 1. The fraction of sp³-hybridized carbons (Fsp3) is 0.273. The van der Waals surface area contributed by atoms with Crippen molar-refractivity contribution in [2.24, 2.45) is 0 Å². The van der Waals surface area contributed by atoms with Crippen LogP contribution in [0.4, 0.5) is 11.5 Å². The SMILES string of the molecule is Cc1cnc(CNc2ccc([N+](=O)[O-])c(C)n2)o1. The molecule has 2 rings (SSSR count). The Labute approximate surface area is 103 Å². The standard InChI is InChI=1S/C11H12N4O3/c1-7-5-13-11(18-7)6-12-10-4-3-9(15(16)17)8(2)14-10/h3-5H,6H2,1-2H3,(H,12,14). The number of rotatable bonds is 4. The molecule has 0 fully saturated rings. The first-order valence-electron chi connectivity index (χ1n) is 5.33. The van der Waals surface area contributed by atoms with E-state index in [0.29, 0.717) is 23.9 Å². The normalized spacial score (nSPS) is 10.3. The summed E-state index contributed by atoms with van der Waals surface area (Å²) in [6.07, 6.45) is 1.63. The van der Waals surface area contributed by atoms with Gasteiger partial charge in [-0.3, -0.25) is 10.1 Å². The molecule has 0 aliphatic heterocycles. The molecule has 0 spiro atoms. The Bertz CT molecular complexity index is 579. The van der Waals surface area contributed by atoms with Crippen molar-refractivity contribution in [1.82, 2.24) is 9.97 Å². The van der Waals surface area contributed by atoms with Crippen LogP contribution in [0.5, 0.6) is 0 Å². The highest BCUT2D eigenvalue weighted by molar-refractivity contribution is 5.44. The molecule has 18 heavy (non-hydrogen) atoms. The topological polar surface area (TPSA) is 94.1 Å². The Hall–Kier alpha value is -2.44. The van der Waals surface area contributed by atoms with Crippen molar-refractivity contribution in [3.05, 3.63) is 45.8 Å². The number of aryl methyl sites for hydroxylation is 2. The van der Waals surface area contributed by atoms with Gasteiger partial charge in [-0.25, -0.2) is 9.97 Å². The summed E-state index contributed by atoms with van der Waals surface area (Å²) in [4.78, 5) is 18.3. The van der Waals surface area contributed by atoms with Gasteiger partial charge in [0.05, 0.1) is 17.7 Å². The molecular weight excluding hydrogens is 236 g/mol. The Morgan fingerprint density at radius 3 is 2.78 bits per heavy atom. The number of hydrogen-bond acceptors (Lipinski definition) is 6. The van der Waals surface area contributed by atoms with E-state index in [1.165, 1.54) is 6.07 Å². The second kappa shape index (κ2) is 4.82. The summed E-state index contributed by atoms with van der Waals surface area (Å²) < 4.78 is 5.29. The molecule has 1 N–H and O–H groups in total. The maximum Gasteiger partial charge on any atom is 0.290 e. The van der Waals surface area contributed by atoms with Crippen molar-refractivity contribution in [3.63, 3.8) is 0 Å². The highest BCUT2D eigenvalue weighted by Crippen LogP contribution is 2.18. The van der Waals surface area contributed by atoms with Gasteiger partial charge in [0.25, 0.3) is 5.69 Å². The molecule has 0 aliphatic rings. The van der Waals surface area contributed by atoms with Crippen LogP contribution in [-0.4, -0.2) is 14.9 Å². The van der Waals surface area contributed by atoms with E-state index < -0.39 is 4.92 Å². The molecule has 7 heteroatoms. The molecule has 0 amide bonds. The number of nitrogens with zero attached hydrogens (tertiary/aromatic N) is 3. The summed E-state index contributed by atoms with van der Waals surface area (Å²) in [5.41, 5.74) is 0.376. The molecule has 2 aromatic heterocycles. The lowest BCUT2D eigenvalue weighted by atomic mass is 10.3. The van der Waals surface area contributed by atoms with Gasteiger partial charge in [0, 0.05) is 6.07 Å². The van der Waals surface area contributed by atoms with E-state index in [9.17, 15) is 10.1 Å². The Balaban J connectivity index is 2.06. The third-order valence-electron chi connectivity index (χ3n) is 2.34. The zero-order valence-electron chi connectivity index (χ0n) is 10.0. The molecule has 0 saturated carbocycles. The van der Waals surface area contributed by atoms with Crippen molar-refractivity contribution in [3.8, 4) is 0 Å². The second-order valence-electron chi connectivity index (χ2n) is 3.78. The Kier molecular flexibility index (Phi) is 3.22. The van der Waals surface area contributed by atoms with E-state index in [4.69, 9.17) is 4.42 Å². The van der Waals surface area contributed by atoms with Crippen LogP contribution < -0.4 is 5.32 Å². The minimum Gasteiger partial charge on any atom is -0.444 e. The van der Waals surface area contributed by atoms with Gasteiger partial charge >= 0.3 is 0 Å². The number of aromatic nitrogens is 2. The molecular formula is C11H12N4O3. The molecule has 2 aromatic rings. The summed E-state index contributed by atoms with van der Waals surface area (Å²) in [5.74, 6) is 1.83. The van der Waals surface area contributed by atoms with Gasteiger partial charge in [-0.05, 0) is 19.9 Å². The number of anilines is 1. The van der Waals surface area contributed by atoms with Crippen LogP contribution in [0.25, 0.3) is 0 Å². The highest BCUT2D eigenvalue weighted by Gasteiger charge is 2.11. The zero-order valence-corrected chi connectivity index (χ0v) is 10.0. The van der Waals surface area contributed by atoms with Gasteiger partial charge < -0.3 is 9.73 Å². The largest absolute Gasteiger partial charge is 0.444 e. The quantitative estimate of drug-likeness (QED) is 0.658. The molecule has 0 bridgehead atoms. The van der Waals surface area contributed by atoms with Crippen LogP contribution in [0.3, 0.4) is 0 Å². The van der Waals surface area contributed by atoms with Crippen molar-refractivity contribution >= 4 is 11.5 Å². The molecule has 0 aliphatic carbocycles. The van der Waals surface area contributed by atoms with Gasteiger partial charge in [0.1, 0.15) is 17.3 Å². The van der Waals surface area contributed by atoms with Gasteiger partial charge in [0.15, 0.2) is 0 Å². The molecule has 94 valence electrons. The molecule has 2 heterocycles. The fourth-order valence-electron chi connectivity index (χ4n) is 1.49. The van der Waals surface area contributed by atoms with E-state index in [-0.39, 0.29) is 5.69 Å². The smallest absolute Gasteiger partial charge is 0.290 e. The number of pyridine rings is 1. The number of hydrogen-bond donors (Lipinski definition) is 1. The van der Waals surface area contributed by atoms with Crippen LogP contribution >= 0.6 is 0 Å². The van der Waals surface area contributed by atoms with Crippen molar-refractivity contribution in [2.75, 3.05) is 5.32 Å². The van der Waals surface area contributed by atoms with E-state index in [1.807, 2.05) is 6.92 Å². The fourth-order valence-corrected chi connectivity index (χ4v) is 1.49. The minimum absolute atomic E-state index is 0.00696. The predicted molar refractivity (Wildman–Crippen MR) is 64.2 cm³/mol. The third-order valence-corrected chi connectivity index (χ3v) is 2.34. The Morgan fingerprint density at radius 2 is 2.22 bits per heavy atom. The van der Waals surface area contributed by atoms with Crippen LogP contribution in [0, 0.1) is 24.0 Å². The minimum atomic E-state index is -0.455. The van der Waals surface area contributed by atoms with Crippen molar-refractivity contribution < 1.29 is 9.34 Å². The first-order chi connectivity index (χ1) is 8.56. The van der Waals surface area contributed by atoms with Crippen molar-refractivity contribution in [1.29, 1.82) is 0 Å². The van der Waals surface area contributed by atoms with Crippen LogP contribution in [-0.2, 0) is 6.54 Å². The highest BCUT2D eigenvalue weighted by atomic mass is 16.6. The summed E-state index contributed by atoms with van der Waals surface area (Å²) in [7, 11) is 0. The van der Waals surface area contributed by atoms with Crippen LogP contribution in [0.1, 0.15) is 17.3 Å². The predicted octanol–water partition coefficient (Wildman–Crippen LogP) is 2.21. The first kappa shape index (κ1) is 12.0. The van der Waals surface area contributed by atoms with E-state index in [2.05, 4.69) is 15.3 Å². The molecule has 0 unspecified atom stereocenters. The molecule has 0 aromatic carbocycles. The lowest BCUT2D eigenvalue weighted by molar-refractivity contribution is -0.385. The summed E-state index contributed by atoms with van der Waals surface area (Å²) in [6.45, 7) is 3.79. The monoisotopic (exact) mass is 248 g/mol. The van der Waals surface area contributed by atoms with Gasteiger partial charge in [0.2, 0.25) is 5.89 Å². The maximum atomic E-state index is 10.6. The van der Waals surface area contributed by atoms with Crippen molar-refractivity contribution in [2.45, 2.75) is 20.4 Å². The zero-order chi connectivity index (χ0) is 13.1. The maximum absolute atomic E-state index is 10.6. The molecule has 7 nitrogen and oxygen atoms in total. The second-order valence-corrected chi connectivity index (χ2v) is 3.78. The average Bonchev–Trinajstić information content (AvgIpc) is 2.72. The summed E-state index contributed by atoms with van der Waals surface area (Å²) >= 11 is 0.